The Kier molecular flexibility index (Phi) is 4.59. The van der Waals surface area contributed by atoms with Crippen molar-refractivity contribution in [2.24, 2.45) is 5.10 Å². The van der Waals surface area contributed by atoms with Gasteiger partial charge in [-0.2, -0.15) is 5.10 Å². The number of benzene rings is 1. The minimum absolute atomic E-state index is 0.0674. The van der Waals surface area contributed by atoms with E-state index in [1.165, 1.54) is 17.8 Å². The molecule has 1 aromatic carbocycles. The molecule has 0 aliphatic rings. The Balaban J connectivity index is 1.98. The molecular weight excluding hydrogens is 298 g/mol. The Morgan fingerprint density at radius 1 is 1.22 bits per heavy atom. The quantitative estimate of drug-likeness (QED) is 0.532. The van der Waals surface area contributed by atoms with Gasteiger partial charge in [0.2, 0.25) is 5.76 Å². The van der Waals surface area contributed by atoms with Crippen LogP contribution >= 0.6 is 0 Å². The first kappa shape index (κ1) is 16.4. The van der Waals surface area contributed by atoms with Crippen molar-refractivity contribution in [3.8, 4) is 0 Å². The molecule has 1 heterocycles. The zero-order chi connectivity index (χ0) is 17.0. The van der Waals surface area contributed by atoms with Crippen molar-refractivity contribution in [1.82, 2.24) is 5.43 Å². The third-order valence-corrected chi connectivity index (χ3v) is 3.15. The molecule has 120 valence electrons. The van der Waals surface area contributed by atoms with Crippen LogP contribution in [0.2, 0.25) is 0 Å². The summed E-state index contributed by atoms with van der Waals surface area (Å²) in [5.74, 6) is -1.31. The van der Waals surface area contributed by atoms with Crippen molar-refractivity contribution < 1.29 is 14.1 Å². The van der Waals surface area contributed by atoms with Crippen LogP contribution in [0, 0.1) is 10.1 Å². The van der Waals surface area contributed by atoms with Crippen molar-refractivity contribution in [3.63, 3.8) is 0 Å². The van der Waals surface area contributed by atoms with Crippen LogP contribution in [0.1, 0.15) is 42.5 Å². The zero-order valence-electron chi connectivity index (χ0n) is 13.1. The van der Waals surface area contributed by atoms with Crippen molar-refractivity contribution >= 4 is 18.0 Å². The molecule has 1 N–H and O–H groups in total. The molecule has 0 atom stereocenters. The third kappa shape index (κ3) is 4.26. The summed E-state index contributed by atoms with van der Waals surface area (Å²) in [5.41, 5.74) is 4.34. The average Bonchev–Trinajstić information content (AvgIpc) is 2.97. The number of furan rings is 1. The van der Waals surface area contributed by atoms with Crippen LogP contribution in [0.25, 0.3) is 0 Å². The summed E-state index contributed by atoms with van der Waals surface area (Å²) in [6, 6.07) is 10.1. The van der Waals surface area contributed by atoms with Gasteiger partial charge in [0.25, 0.3) is 0 Å². The highest BCUT2D eigenvalue weighted by molar-refractivity contribution is 5.92. The van der Waals surface area contributed by atoms with E-state index in [1.807, 2.05) is 24.3 Å². The molecule has 0 saturated heterocycles. The number of rotatable bonds is 4. The van der Waals surface area contributed by atoms with Crippen molar-refractivity contribution in [2.45, 2.75) is 26.2 Å². The highest BCUT2D eigenvalue weighted by Crippen LogP contribution is 2.21. The Bertz CT molecular complexity index is 739. The number of nitrogens with one attached hydrogen (secondary N) is 1. The molecule has 7 heteroatoms. The molecule has 23 heavy (non-hydrogen) atoms. The van der Waals surface area contributed by atoms with E-state index in [2.05, 4.69) is 31.3 Å². The minimum atomic E-state index is -0.711. The minimum Gasteiger partial charge on any atom is -0.395 e. The second kappa shape index (κ2) is 6.43. The Labute approximate surface area is 133 Å². The molecular formula is C16H17N3O4. The molecule has 0 aliphatic heterocycles. The van der Waals surface area contributed by atoms with Crippen LogP contribution in [0.3, 0.4) is 0 Å². The topological polar surface area (TPSA) is 97.7 Å². The van der Waals surface area contributed by atoms with E-state index in [1.54, 1.807) is 0 Å². The molecule has 7 nitrogen and oxygen atoms in total. The summed E-state index contributed by atoms with van der Waals surface area (Å²) < 4.78 is 4.78. The molecule has 1 aromatic heterocycles. The first-order valence-electron chi connectivity index (χ1n) is 6.95. The number of hydrazone groups is 1. The zero-order valence-corrected chi connectivity index (χ0v) is 13.1. The molecule has 0 saturated carbocycles. The van der Waals surface area contributed by atoms with Gasteiger partial charge in [-0.25, -0.2) is 5.43 Å². The van der Waals surface area contributed by atoms with Crippen LogP contribution in [0.5, 0.6) is 0 Å². The molecule has 0 fully saturated rings. The van der Waals surface area contributed by atoms with Gasteiger partial charge in [-0.1, -0.05) is 45.0 Å². The highest BCUT2D eigenvalue weighted by atomic mass is 16.6. The number of hydrogen-bond donors (Lipinski definition) is 1. The van der Waals surface area contributed by atoms with Gasteiger partial charge in [0.05, 0.1) is 12.3 Å². The summed E-state index contributed by atoms with van der Waals surface area (Å²) in [6.07, 6.45) is 1.49. The van der Waals surface area contributed by atoms with Crippen molar-refractivity contribution in [3.05, 3.63) is 63.4 Å². The SMILES string of the molecule is CC(C)(C)c1ccc(C=NNC(=O)c2ccc([N+](=O)[O-])o2)cc1. The molecule has 2 rings (SSSR count). The monoisotopic (exact) mass is 315 g/mol. The standard InChI is InChI=1S/C16H17N3O4/c1-16(2,3)12-6-4-11(5-7-12)10-17-18-15(20)13-8-9-14(23-13)19(21)22/h4-10H,1-3H3,(H,18,20). The lowest BCUT2D eigenvalue weighted by atomic mass is 9.87. The first-order chi connectivity index (χ1) is 10.8. The third-order valence-electron chi connectivity index (χ3n) is 3.15. The number of carbonyl (C=O) groups excluding carboxylic acids is 1. The lowest BCUT2D eigenvalue weighted by molar-refractivity contribution is -0.402. The van der Waals surface area contributed by atoms with Crippen molar-refractivity contribution in [2.75, 3.05) is 0 Å². The van der Waals surface area contributed by atoms with Gasteiger partial charge < -0.3 is 4.42 Å². The van der Waals surface area contributed by atoms with Crippen molar-refractivity contribution in [1.29, 1.82) is 0 Å². The first-order valence-corrected chi connectivity index (χ1v) is 6.95. The summed E-state index contributed by atoms with van der Waals surface area (Å²) >= 11 is 0. The maximum absolute atomic E-state index is 11.7. The van der Waals surface area contributed by atoms with E-state index < -0.39 is 16.7 Å². The van der Waals surface area contributed by atoms with E-state index in [-0.39, 0.29) is 11.2 Å². The van der Waals surface area contributed by atoms with E-state index in [0.717, 1.165) is 11.6 Å². The van der Waals surface area contributed by atoms with Crippen LogP contribution in [0.15, 0.2) is 45.9 Å². The smallest absolute Gasteiger partial charge is 0.395 e. The van der Waals surface area contributed by atoms with Gasteiger partial charge in [-0.05, 0) is 22.6 Å². The fraction of sp³-hybridized carbons (Fsp3) is 0.250. The normalized spacial score (nSPS) is 11.6. The highest BCUT2D eigenvalue weighted by Gasteiger charge is 2.16. The van der Waals surface area contributed by atoms with Gasteiger partial charge in [-0.3, -0.25) is 14.9 Å². The molecule has 0 aliphatic carbocycles. The average molecular weight is 315 g/mol. The molecule has 0 radical (unpaired) electrons. The predicted molar refractivity (Wildman–Crippen MR) is 85.6 cm³/mol. The Morgan fingerprint density at radius 3 is 2.39 bits per heavy atom. The number of nitrogens with zero attached hydrogens (tertiary/aromatic N) is 2. The lowest BCUT2D eigenvalue weighted by Crippen LogP contribution is -2.16. The van der Waals surface area contributed by atoms with Crippen LogP contribution in [-0.4, -0.2) is 17.0 Å². The number of nitro groups is 1. The second-order valence-electron chi connectivity index (χ2n) is 5.97. The van der Waals surface area contributed by atoms with E-state index in [4.69, 9.17) is 4.42 Å². The van der Waals surface area contributed by atoms with E-state index >= 15 is 0 Å². The van der Waals surface area contributed by atoms with Gasteiger partial charge in [0, 0.05) is 0 Å². The van der Waals surface area contributed by atoms with Crippen LogP contribution < -0.4 is 5.43 Å². The molecule has 2 aromatic rings. The summed E-state index contributed by atoms with van der Waals surface area (Å²) in [7, 11) is 0. The van der Waals surface area contributed by atoms with E-state index in [9.17, 15) is 14.9 Å². The summed E-state index contributed by atoms with van der Waals surface area (Å²) in [4.78, 5) is 21.5. The maximum Gasteiger partial charge on any atom is 0.433 e. The van der Waals surface area contributed by atoms with Crippen LogP contribution in [-0.2, 0) is 5.41 Å². The molecule has 1 amide bonds. The lowest BCUT2D eigenvalue weighted by Gasteiger charge is -2.18. The van der Waals surface area contributed by atoms with Gasteiger partial charge in [0.1, 0.15) is 4.92 Å². The van der Waals surface area contributed by atoms with Crippen LogP contribution in [0.4, 0.5) is 5.88 Å². The van der Waals surface area contributed by atoms with E-state index in [0.29, 0.717) is 0 Å². The Hall–Kier alpha value is -2.96. The second-order valence-corrected chi connectivity index (χ2v) is 5.97. The van der Waals surface area contributed by atoms with Gasteiger partial charge >= 0.3 is 11.8 Å². The van der Waals surface area contributed by atoms with Gasteiger partial charge in [-0.15, -0.1) is 0 Å². The van der Waals surface area contributed by atoms with Gasteiger partial charge in [0.15, 0.2) is 0 Å². The fourth-order valence-electron chi connectivity index (χ4n) is 1.84. The predicted octanol–water partition coefficient (Wildman–Crippen LogP) is 3.25. The number of hydrogen-bond acceptors (Lipinski definition) is 5. The summed E-state index contributed by atoms with van der Waals surface area (Å²) in [5, 5.41) is 14.3. The Morgan fingerprint density at radius 2 is 1.87 bits per heavy atom. The number of carbonyl (C=O) groups is 1. The fourth-order valence-corrected chi connectivity index (χ4v) is 1.84. The molecule has 0 unspecified atom stereocenters. The molecule has 0 bridgehead atoms. The number of amides is 1. The largest absolute Gasteiger partial charge is 0.433 e. The maximum atomic E-state index is 11.7. The molecule has 0 spiro atoms. The summed E-state index contributed by atoms with van der Waals surface area (Å²) in [6.45, 7) is 6.37.